The van der Waals surface area contributed by atoms with Crippen LogP contribution in [0.5, 0.6) is 0 Å². The van der Waals surface area contributed by atoms with Gasteiger partial charge in [0, 0.05) is 41.1 Å². The Morgan fingerprint density at radius 2 is 1.53 bits per heavy atom. The van der Waals surface area contributed by atoms with Gasteiger partial charge in [-0.2, -0.15) is 5.10 Å². The van der Waals surface area contributed by atoms with E-state index < -0.39 is 0 Å². The van der Waals surface area contributed by atoms with Crippen LogP contribution in [0.25, 0.3) is 11.3 Å². The average Bonchev–Trinajstić information content (AvgIpc) is 3.20. The van der Waals surface area contributed by atoms with Crippen LogP contribution in [0.4, 0.5) is 11.5 Å². The van der Waals surface area contributed by atoms with Crippen molar-refractivity contribution in [1.82, 2.24) is 9.78 Å². The van der Waals surface area contributed by atoms with Gasteiger partial charge >= 0.3 is 0 Å². The number of terminal acetylenes is 1. The van der Waals surface area contributed by atoms with E-state index in [9.17, 15) is 9.59 Å². The molecule has 0 saturated carbocycles. The fourth-order valence-corrected chi connectivity index (χ4v) is 3.18. The summed E-state index contributed by atoms with van der Waals surface area (Å²) in [7, 11) is 1.77. The van der Waals surface area contributed by atoms with Crippen molar-refractivity contribution >= 4 is 23.3 Å². The van der Waals surface area contributed by atoms with Gasteiger partial charge in [-0.3, -0.25) is 14.3 Å². The summed E-state index contributed by atoms with van der Waals surface area (Å²) in [5.74, 6) is 2.67. The highest BCUT2D eigenvalue weighted by molar-refractivity contribution is 6.05. The van der Waals surface area contributed by atoms with E-state index in [1.807, 2.05) is 30.3 Å². The molecule has 2 N–H and O–H groups in total. The lowest BCUT2D eigenvalue weighted by Gasteiger charge is -2.06. The standard InChI is InChI=1S/C26H20N4O2/c1-3-18-8-7-11-21(16-18)26(32)27-22-14-12-19(13-15-22)23-17-24(30(2)29-23)28-25(31)20-9-5-4-6-10-20/h1,4-17H,2H3,(H,27,32)(H,28,31). The molecule has 156 valence electrons. The molecule has 0 aliphatic carbocycles. The summed E-state index contributed by atoms with van der Waals surface area (Å²) in [6.07, 6.45) is 5.40. The Balaban J connectivity index is 1.46. The highest BCUT2D eigenvalue weighted by Crippen LogP contribution is 2.24. The van der Waals surface area contributed by atoms with E-state index in [2.05, 4.69) is 21.7 Å². The van der Waals surface area contributed by atoms with Crippen LogP contribution < -0.4 is 10.6 Å². The molecule has 6 nitrogen and oxygen atoms in total. The van der Waals surface area contributed by atoms with E-state index in [4.69, 9.17) is 6.42 Å². The minimum atomic E-state index is -0.237. The SMILES string of the molecule is C#Cc1cccc(C(=O)Nc2ccc(-c3cc(NC(=O)c4ccccc4)n(C)n3)cc2)c1. The quantitative estimate of drug-likeness (QED) is 0.464. The molecule has 1 aromatic heterocycles. The molecule has 0 aliphatic heterocycles. The van der Waals surface area contributed by atoms with E-state index in [0.29, 0.717) is 33.9 Å². The summed E-state index contributed by atoms with van der Waals surface area (Å²) in [6.45, 7) is 0. The van der Waals surface area contributed by atoms with Crippen molar-refractivity contribution in [1.29, 1.82) is 0 Å². The highest BCUT2D eigenvalue weighted by atomic mass is 16.2. The molecule has 1 heterocycles. The third kappa shape index (κ3) is 4.58. The lowest BCUT2D eigenvalue weighted by molar-refractivity contribution is 0.101. The van der Waals surface area contributed by atoms with Crippen molar-refractivity contribution in [3.8, 4) is 23.6 Å². The molecule has 2 amide bonds. The number of rotatable bonds is 5. The molecular formula is C26H20N4O2. The lowest BCUT2D eigenvalue weighted by atomic mass is 10.1. The van der Waals surface area contributed by atoms with Gasteiger partial charge in [0.1, 0.15) is 5.82 Å². The van der Waals surface area contributed by atoms with Crippen LogP contribution in [0.1, 0.15) is 26.3 Å². The van der Waals surface area contributed by atoms with E-state index >= 15 is 0 Å². The van der Waals surface area contributed by atoms with Gasteiger partial charge in [-0.05, 0) is 42.5 Å². The number of nitrogens with zero attached hydrogens (tertiary/aromatic N) is 2. The molecule has 0 fully saturated rings. The molecule has 3 aromatic carbocycles. The van der Waals surface area contributed by atoms with Gasteiger partial charge in [-0.25, -0.2) is 0 Å². The Bertz CT molecular complexity index is 1320. The zero-order valence-corrected chi connectivity index (χ0v) is 17.4. The van der Waals surface area contributed by atoms with Crippen molar-refractivity contribution in [2.45, 2.75) is 0 Å². The van der Waals surface area contributed by atoms with Crippen molar-refractivity contribution in [2.75, 3.05) is 10.6 Å². The second-order valence-corrected chi connectivity index (χ2v) is 7.12. The second-order valence-electron chi connectivity index (χ2n) is 7.12. The second kappa shape index (κ2) is 9.02. The fraction of sp³-hybridized carbons (Fsp3) is 0.0385. The zero-order chi connectivity index (χ0) is 22.5. The number of hydrogen-bond donors (Lipinski definition) is 2. The van der Waals surface area contributed by atoms with Crippen LogP contribution in [0, 0.1) is 12.3 Å². The summed E-state index contributed by atoms with van der Waals surface area (Å²) in [4.78, 5) is 24.9. The number of hydrogen-bond acceptors (Lipinski definition) is 3. The maximum atomic E-state index is 12.5. The summed E-state index contributed by atoms with van der Waals surface area (Å²) in [5.41, 5.74) is 3.93. The van der Waals surface area contributed by atoms with Crippen LogP contribution in [-0.4, -0.2) is 21.6 Å². The molecule has 4 aromatic rings. The maximum Gasteiger partial charge on any atom is 0.256 e. The van der Waals surface area contributed by atoms with Gasteiger partial charge in [-0.15, -0.1) is 6.42 Å². The van der Waals surface area contributed by atoms with E-state index in [1.165, 1.54) is 0 Å². The third-order valence-corrected chi connectivity index (χ3v) is 4.89. The first-order valence-corrected chi connectivity index (χ1v) is 9.92. The number of carbonyl (C=O) groups is 2. The Hall–Kier alpha value is -4.63. The van der Waals surface area contributed by atoms with Crippen molar-refractivity contribution in [2.24, 2.45) is 7.05 Å². The summed E-state index contributed by atoms with van der Waals surface area (Å²) >= 11 is 0. The number of benzene rings is 3. The molecule has 0 spiro atoms. The zero-order valence-electron chi connectivity index (χ0n) is 17.4. The first-order chi connectivity index (χ1) is 15.5. The predicted octanol–water partition coefficient (Wildman–Crippen LogP) is 4.57. The van der Waals surface area contributed by atoms with Crippen LogP contribution in [0.2, 0.25) is 0 Å². The van der Waals surface area contributed by atoms with Gasteiger partial charge in [0.05, 0.1) is 5.69 Å². The monoisotopic (exact) mass is 420 g/mol. The minimum absolute atomic E-state index is 0.202. The topological polar surface area (TPSA) is 76.0 Å². The number of amides is 2. The van der Waals surface area contributed by atoms with Gasteiger partial charge < -0.3 is 10.6 Å². The van der Waals surface area contributed by atoms with Crippen LogP contribution >= 0.6 is 0 Å². The Kier molecular flexibility index (Phi) is 5.82. The minimum Gasteiger partial charge on any atom is -0.322 e. The van der Waals surface area contributed by atoms with Crippen molar-refractivity contribution in [3.05, 3.63) is 102 Å². The molecule has 0 aliphatic rings. The Morgan fingerprint density at radius 3 is 2.25 bits per heavy atom. The normalized spacial score (nSPS) is 10.2. The van der Waals surface area contributed by atoms with Gasteiger partial charge in [0.2, 0.25) is 0 Å². The van der Waals surface area contributed by atoms with Gasteiger partial charge in [0.25, 0.3) is 11.8 Å². The number of anilines is 2. The maximum absolute atomic E-state index is 12.5. The molecular weight excluding hydrogens is 400 g/mol. The smallest absolute Gasteiger partial charge is 0.256 e. The van der Waals surface area contributed by atoms with E-state index in [-0.39, 0.29) is 11.8 Å². The molecule has 0 saturated heterocycles. The first kappa shape index (κ1) is 20.6. The highest BCUT2D eigenvalue weighted by Gasteiger charge is 2.12. The molecule has 6 heteroatoms. The van der Waals surface area contributed by atoms with Crippen molar-refractivity contribution < 1.29 is 9.59 Å². The summed E-state index contributed by atoms with van der Waals surface area (Å²) < 4.78 is 1.62. The largest absolute Gasteiger partial charge is 0.322 e. The molecule has 0 atom stereocenters. The van der Waals surface area contributed by atoms with Crippen LogP contribution in [0.15, 0.2) is 84.9 Å². The fourth-order valence-electron chi connectivity index (χ4n) is 3.18. The molecule has 0 unspecified atom stereocenters. The predicted molar refractivity (Wildman–Crippen MR) is 125 cm³/mol. The number of nitrogens with one attached hydrogen (secondary N) is 2. The molecule has 0 radical (unpaired) electrons. The Labute approximate surface area is 185 Å². The van der Waals surface area contributed by atoms with Gasteiger partial charge in [0.15, 0.2) is 0 Å². The number of aryl methyl sites for hydroxylation is 1. The van der Waals surface area contributed by atoms with E-state index in [1.54, 1.807) is 66.3 Å². The number of carbonyl (C=O) groups excluding carboxylic acids is 2. The van der Waals surface area contributed by atoms with Crippen molar-refractivity contribution in [3.63, 3.8) is 0 Å². The third-order valence-electron chi connectivity index (χ3n) is 4.89. The van der Waals surface area contributed by atoms with Crippen LogP contribution in [-0.2, 0) is 7.05 Å². The first-order valence-electron chi connectivity index (χ1n) is 9.92. The molecule has 4 rings (SSSR count). The molecule has 32 heavy (non-hydrogen) atoms. The van der Waals surface area contributed by atoms with Gasteiger partial charge in [-0.1, -0.05) is 42.3 Å². The Morgan fingerprint density at radius 1 is 0.844 bits per heavy atom. The average molecular weight is 420 g/mol. The van der Waals surface area contributed by atoms with Crippen LogP contribution in [0.3, 0.4) is 0 Å². The summed E-state index contributed by atoms with van der Waals surface area (Å²) in [5, 5.41) is 10.2. The number of aromatic nitrogens is 2. The van der Waals surface area contributed by atoms with E-state index in [0.717, 1.165) is 5.56 Å². The molecule has 0 bridgehead atoms. The summed E-state index contributed by atoms with van der Waals surface area (Å²) in [6, 6.07) is 25.0. The lowest BCUT2D eigenvalue weighted by Crippen LogP contribution is -2.14.